The monoisotopic (exact) mass is 247 g/mol. The highest BCUT2D eigenvalue weighted by Crippen LogP contribution is 2.48. The maximum Gasteiger partial charge on any atom is 0.274 e. The number of piperidine rings is 1. The first-order valence-electron chi connectivity index (χ1n) is 5.94. The molecule has 1 fully saturated rings. The van der Waals surface area contributed by atoms with Crippen molar-refractivity contribution >= 4 is 11.9 Å². The molecule has 0 bridgehead atoms. The summed E-state index contributed by atoms with van der Waals surface area (Å²) in [5.41, 5.74) is 4.94. The van der Waals surface area contributed by atoms with Crippen molar-refractivity contribution < 1.29 is 9.90 Å². The van der Waals surface area contributed by atoms with Gasteiger partial charge in [0, 0.05) is 19.2 Å². The number of nitrogens with one attached hydrogen (secondary N) is 1. The zero-order valence-electron chi connectivity index (χ0n) is 9.63. The molecule has 7 heteroatoms. The normalized spacial score (nSPS) is 36.8. The van der Waals surface area contributed by atoms with Crippen LogP contribution in [0.3, 0.4) is 0 Å². The van der Waals surface area contributed by atoms with E-state index in [9.17, 15) is 9.90 Å². The molecular weight excluding hydrogens is 234 g/mol. The highest BCUT2D eigenvalue weighted by molar-refractivity contribution is 5.97. The number of aromatic nitrogens is 1. The number of fused-ring (bicyclic) bond motifs is 1. The topological polar surface area (TPSA) is 95.9 Å². The Bertz CT molecular complexity index is 594. The van der Waals surface area contributed by atoms with Crippen LogP contribution in [0.4, 0.5) is 0 Å². The SMILES string of the molecule is NC1=N[C@]23N(CCC[C@]2(O)N1)C(=O)c1cccn13. The first kappa shape index (κ1) is 9.95. The summed E-state index contributed by atoms with van der Waals surface area (Å²) in [6.07, 6.45) is 2.97. The van der Waals surface area contributed by atoms with E-state index in [1.165, 1.54) is 0 Å². The summed E-state index contributed by atoms with van der Waals surface area (Å²) in [5, 5.41) is 13.6. The molecule has 4 heterocycles. The second kappa shape index (κ2) is 2.69. The minimum absolute atomic E-state index is 0.113. The molecule has 0 radical (unpaired) electrons. The molecule has 1 aromatic rings. The maximum atomic E-state index is 12.3. The van der Waals surface area contributed by atoms with Crippen LogP contribution in [-0.4, -0.2) is 38.7 Å². The summed E-state index contributed by atoms with van der Waals surface area (Å²) in [6.45, 7) is 0.571. The second-order valence-electron chi connectivity index (χ2n) is 4.94. The van der Waals surface area contributed by atoms with Gasteiger partial charge in [0.1, 0.15) is 5.69 Å². The average Bonchev–Trinajstić information content (AvgIpc) is 2.92. The molecule has 1 saturated heterocycles. The summed E-state index contributed by atoms with van der Waals surface area (Å²) in [4.78, 5) is 18.3. The predicted octanol–water partition coefficient (Wildman–Crippen LogP) is -1.05. The van der Waals surface area contributed by atoms with Crippen molar-refractivity contribution in [2.45, 2.75) is 24.4 Å². The molecule has 4 N–H and O–H groups in total. The van der Waals surface area contributed by atoms with Gasteiger partial charge in [0.2, 0.25) is 5.72 Å². The van der Waals surface area contributed by atoms with Crippen molar-refractivity contribution in [3.8, 4) is 0 Å². The van der Waals surface area contributed by atoms with Gasteiger partial charge in [0.25, 0.3) is 11.7 Å². The van der Waals surface area contributed by atoms with Gasteiger partial charge in [-0.2, -0.15) is 4.99 Å². The van der Waals surface area contributed by atoms with Gasteiger partial charge in [-0.3, -0.25) is 14.3 Å². The van der Waals surface area contributed by atoms with E-state index in [-0.39, 0.29) is 11.9 Å². The van der Waals surface area contributed by atoms with Gasteiger partial charge in [0.15, 0.2) is 5.96 Å². The van der Waals surface area contributed by atoms with Gasteiger partial charge >= 0.3 is 0 Å². The standard InChI is InChI=1S/C11H13N5O2/c12-9-13-10(18)4-2-6-16-8(17)7-3-1-5-15(7)11(10,16)14-9/h1,3,5,18H,2,4,6H2,(H3,12,13,14)/t10-,11-/m1/s1. The molecule has 0 unspecified atom stereocenters. The molecule has 1 spiro atoms. The van der Waals surface area contributed by atoms with Gasteiger partial charge in [-0.15, -0.1) is 0 Å². The highest BCUT2D eigenvalue weighted by atomic mass is 16.3. The Labute approximate surface area is 103 Å². The van der Waals surface area contributed by atoms with Crippen LogP contribution in [-0.2, 0) is 5.79 Å². The molecule has 3 aliphatic heterocycles. The fourth-order valence-electron chi connectivity index (χ4n) is 3.34. The molecule has 0 aliphatic carbocycles. The first-order chi connectivity index (χ1) is 8.58. The van der Waals surface area contributed by atoms with E-state index in [1.54, 1.807) is 27.8 Å². The third kappa shape index (κ3) is 0.808. The molecule has 2 atom stereocenters. The summed E-state index contributed by atoms with van der Waals surface area (Å²) in [5.74, 6) is -1.09. The lowest BCUT2D eigenvalue weighted by Gasteiger charge is -2.46. The van der Waals surface area contributed by atoms with Crippen molar-refractivity contribution in [2.75, 3.05) is 6.54 Å². The zero-order valence-corrected chi connectivity index (χ0v) is 9.63. The number of rotatable bonds is 0. The number of carbonyl (C=O) groups is 1. The molecule has 4 rings (SSSR count). The maximum absolute atomic E-state index is 12.3. The number of guanidine groups is 1. The molecule has 7 nitrogen and oxygen atoms in total. The molecule has 1 aromatic heterocycles. The van der Waals surface area contributed by atoms with Crippen LogP contribution in [0.2, 0.25) is 0 Å². The number of carbonyl (C=O) groups excluding carboxylic acids is 1. The lowest BCUT2D eigenvalue weighted by Crippen LogP contribution is -2.67. The Morgan fingerprint density at radius 2 is 2.39 bits per heavy atom. The van der Waals surface area contributed by atoms with Crippen molar-refractivity contribution in [3.05, 3.63) is 24.0 Å². The Kier molecular flexibility index (Phi) is 1.49. The van der Waals surface area contributed by atoms with Gasteiger partial charge < -0.3 is 16.2 Å². The van der Waals surface area contributed by atoms with Crippen molar-refractivity contribution in [3.63, 3.8) is 0 Å². The minimum atomic E-state index is -1.32. The zero-order chi connectivity index (χ0) is 12.5. The Hall–Kier alpha value is -2.02. The van der Waals surface area contributed by atoms with Gasteiger partial charge in [-0.1, -0.05) is 0 Å². The number of nitrogens with zero attached hydrogens (tertiary/aromatic N) is 3. The summed E-state index contributed by atoms with van der Waals surface area (Å²) < 4.78 is 1.71. The van der Waals surface area contributed by atoms with Crippen molar-refractivity contribution in [1.82, 2.24) is 14.8 Å². The minimum Gasteiger partial charge on any atom is -0.370 e. The number of hydrogen-bond acceptors (Lipinski definition) is 5. The van der Waals surface area contributed by atoms with E-state index in [1.807, 2.05) is 0 Å². The van der Waals surface area contributed by atoms with E-state index in [0.717, 1.165) is 0 Å². The third-order valence-corrected chi connectivity index (χ3v) is 4.01. The quantitative estimate of drug-likeness (QED) is 0.545. The molecule has 1 amide bonds. The number of aliphatic hydroxyl groups is 1. The van der Waals surface area contributed by atoms with E-state index >= 15 is 0 Å². The predicted molar refractivity (Wildman–Crippen MR) is 62.4 cm³/mol. The van der Waals surface area contributed by atoms with Crippen LogP contribution in [0.5, 0.6) is 0 Å². The van der Waals surface area contributed by atoms with E-state index < -0.39 is 11.5 Å². The number of aliphatic imine (C=N–C) groups is 1. The van der Waals surface area contributed by atoms with Crippen LogP contribution in [0.15, 0.2) is 23.3 Å². The van der Waals surface area contributed by atoms with Gasteiger partial charge in [-0.05, 0) is 18.6 Å². The largest absolute Gasteiger partial charge is 0.370 e. The summed E-state index contributed by atoms with van der Waals surface area (Å²) in [7, 11) is 0. The van der Waals surface area contributed by atoms with Crippen molar-refractivity contribution in [2.24, 2.45) is 10.7 Å². The van der Waals surface area contributed by atoms with Crippen LogP contribution in [0, 0.1) is 0 Å². The molecule has 94 valence electrons. The van der Waals surface area contributed by atoms with Crippen LogP contribution < -0.4 is 11.1 Å². The number of nitrogens with two attached hydrogens (primary N) is 1. The number of amides is 1. The van der Waals surface area contributed by atoms with E-state index in [4.69, 9.17) is 5.73 Å². The van der Waals surface area contributed by atoms with Crippen molar-refractivity contribution in [1.29, 1.82) is 0 Å². The summed E-state index contributed by atoms with van der Waals surface area (Å²) >= 11 is 0. The molecule has 0 saturated carbocycles. The molecule has 18 heavy (non-hydrogen) atoms. The van der Waals surface area contributed by atoms with E-state index in [2.05, 4.69) is 10.3 Å². The fourth-order valence-corrected chi connectivity index (χ4v) is 3.34. The smallest absolute Gasteiger partial charge is 0.274 e. The van der Waals surface area contributed by atoms with Crippen LogP contribution in [0.1, 0.15) is 23.3 Å². The van der Waals surface area contributed by atoms with Crippen LogP contribution in [0.25, 0.3) is 0 Å². The lowest BCUT2D eigenvalue weighted by atomic mass is 9.94. The Morgan fingerprint density at radius 1 is 1.56 bits per heavy atom. The Morgan fingerprint density at radius 3 is 3.22 bits per heavy atom. The average molecular weight is 247 g/mol. The molecule has 0 aromatic carbocycles. The Balaban J connectivity index is 2.04. The lowest BCUT2D eigenvalue weighted by molar-refractivity contribution is -0.156. The first-order valence-corrected chi connectivity index (χ1v) is 5.94. The second-order valence-corrected chi connectivity index (χ2v) is 4.94. The van der Waals surface area contributed by atoms with Gasteiger partial charge in [-0.25, -0.2) is 0 Å². The van der Waals surface area contributed by atoms with E-state index in [0.29, 0.717) is 25.1 Å². The highest BCUT2D eigenvalue weighted by Gasteiger charge is 2.67. The fraction of sp³-hybridized carbons (Fsp3) is 0.455. The molecular formula is C11H13N5O2. The third-order valence-electron chi connectivity index (χ3n) is 4.01. The summed E-state index contributed by atoms with van der Waals surface area (Å²) in [6, 6.07) is 3.51. The molecule has 3 aliphatic rings. The van der Waals surface area contributed by atoms with Gasteiger partial charge in [0.05, 0.1) is 0 Å². The number of hydrogen-bond donors (Lipinski definition) is 3. The van der Waals surface area contributed by atoms with Crippen LogP contribution >= 0.6 is 0 Å².